The Morgan fingerprint density at radius 1 is 1.44 bits per heavy atom. The lowest BCUT2D eigenvalue weighted by Crippen LogP contribution is -2.33. The minimum Gasteiger partial charge on any atom is -0.376 e. The van der Waals surface area contributed by atoms with Gasteiger partial charge in [-0.2, -0.15) is 23.5 Å². The number of pyridine rings is 1. The molecular formula is C15H15F3N6O. The lowest BCUT2D eigenvalue weighted by Gasteiger charge is -2.25. The van der Waals surface area contributed by atoms with E-state index in [4.69, 9.17) is 10.00 Å². The Morgan fingerprint density at radius 3 is 2.88 bits per heavy atom. The Bertz CT molecular complexity index is 771. The third kappa shape index (κ3) is 3.56. The van der Waals surface area contributed by atoms with Gasteiger partial charge in [0.1, 0.15) is 24.0 Å². The number of nitriles is 1. The van der Waals surface area contributed by atoms with E-state index in [-0.39, 0.29) is 17.8 Å². The molecule has 0 unspecified atom stereocenters. The summed E-state index contributed by atoms with van der Waals surface area (Å²) in [5, 5.41) is 15.6. The molecule has 2 aromatic rings. The quantitative estimate of drug-likeness (QED) is 0.906. The Morgan fingerprint density at radius 2 is 2.24 bits per heavy atom. The largest absolute Gasteiger partial charge is 0.419 e. The molecule has 3 rings (SSSR count). The van der Waals surface area contributed by atoms with Gasteiger partial charge >= 0.3 is 6.18 Å². The number of likely N-dealkylation sites (N-methyl/N-ethyl adjacent to an activating group) is 1. The zero-order valence-corrected chi connectivity index (χ0v) is 13.3. The van der Waals surface area contributed by atoms with Crippen LogP contribution in [0.2, 0.25) is 0 Å². The number of anilines is 1. The van der Waals surface area contributed by atoms with Gasteiger partial charge in [-0.3, -0.25) is 5.10 Å². The van der Waals surface area contributed by atoms with E-state index in [1.54, 1.807) is 11.9 Å². The van der Waals surface area contributed by atoms with Crippen molar-refractivity contribution in [3.63, 3.8) is 0 Å². The van der Waals surface area contributed by atoms with Crippen molar-refractivity contribution in [1.82, 2.24) is 20.2 Å². The van der Waals surface area contributed by atoms with Crippen LogP contribution in [0.4, 0.5) is 19.0 Å². The van der Waals surface area contributed by atoms with Gasteiger partial charge in [0.15, 0.2) is 5.69 Å². The number of nitrogens with zero attached hydrogens (tertiary/aromatic N) is 5. The van der Waals surface area contributed by atoms with Crippen LogP contribution in [0.1, 0.15) is 29.4 Å². The van der Waals surface area contributed by atoms with Crippen LogP contribution in [0, 0.1) is 11.3 Å². The Kier molecular flexibility index (Phi) is 4.59. The maximum atomic E-state index is 12.9. The van der Waals surface area contributed by atoms with E-state index < -0.39 is 17.4 Å². The summed E-state index contributed by atoms with van der Waals surface area (Å²) in [6, 6.07) is 3.64. The molecule has 7 nitrogen and oxygen atoms in total. The highest BCUT2D eigenvalue weighted by atomic mass is 19.4. The molecule has 1 saturated heterocycles. The zero-order valence-electron chi connectivity index (χ0n) is 13.3. The van der Waals surface area contributed by atoms with Crippen LogP contribution in [-0.4, -0.2) is 46.5 Å². The lowest BCUT2D eigenvalue weighted by molar-refractivity contribution is -0.138. The molecule has 2 atom stereocenters. The van der Waals surface area contributed by atoms with Crippen LogP contribution in [0.3, 0.4) is 0 Å². The van der Waals surface area contributed by atoms with Crippen molar-refractivity contribution in [2.45, 2.75) is 24.6 Å². The highest BCUT2D eigenvalue weighted by molar-refractivity contribution is 5.45. The first-order valence-electron chi connectivity index (χ1n) is 7.56. The van der Waals surface area contributed by atoms with Gasteiger partial charge in [0.2, 0.25) is 0 Å². The monoisotopic (exact) mass is 352 g/mol. The van der Waals surface area contributed by atoms with Crippen molar-refractivity contribution in [1.29, 1.82) is 5.26 Å². The number of aromatic amines is 1. The van der Waals surface area contributed by atoms with Crippen molar-refractivity contribution in [3.8, 4) is 6.07 Å². The summed E-state index contributed by atoms with van der Waals surface area (Å²) in [5.41, 5.74) is -1.68. The van der Waals surface area contributed by atoms with E-state index in [0.29, 0.717) is 19.0 Å². The van der Waals surface area contributed by atoms with Gasteiger partial charge in [0.05, 0.1) is 11.7 Å². The highest BCUT2D eigenvalue weighted by Crippen LogP contribution is 2.33. The van der Waals surface area contributed by atoms with Gasteiger partial charge < -0.3 is 9.64 Å². The SMILES string of the molecule is CN(C[C@H]1OCC[C@H]1c1ncn[nH]1)c1ccc(C(F)(F)F)c(C#N)n1. The molecular weight excluding hydrogens is 337 g/mol. The molecule has 25 heavy (non-hydrogen) atoms. The maximum absolute atomic E-state index is 12.9. The highest BCUT2D eigenvalue weighted by Gasteiger charge is 2.35. The standard InChI is InChI=1S/C15H15F3N6O/c1-24(7-12-9(4-5-25-12)14-20-8-21-23-14)13-3-2-10(15(16,17)18)11(6-19)22-13/h2-3,8-9,12H,4-5,7H2,1H3,(H,20,21,23)/t9-,12-/m1/s1. The van der Waals surface area contributed by atoms with E-state index >= 15 is 0 Å². The molecule has 1 fully saturated rings. The topological polar surface area (TPSA) is 90.7 Å². The number of hydrogen-bond acceptors (Lipinski definition) is 6. The van der Waals surface area contributed by atoms with Crippen molar-refractivity contribution >= 4 is 5.82 Å². The van der Waals surface area contributed by atoms with Crippen LogP contribution < -0.4 is 4.90 Å². The minimum atomic E-state index is -4.61. The summed E-state index contributed by atoms with van der Waals surface area (Å²) < 4.78 is 44.3. The summed E-state index contributed by atoms with van der Waals surface area (Å²) in [5.74, 6) is 1.01. The molecule has 0 saturated carbocycles. The number of halogens is 3. The van der Waals surface area contributed by atoms with Gasteiger partial charge in [-0.1, -0.05) is 0 Å². The van der Waals surface area contributed by atoms with Crippen LogP contribution in [0.5, 0.6) is 0 Å². The fourth-order valence-corrected chi connectivity index (χ4v) is 2.87. The maximum Gasteiger partial charge on any atom is 0.419 e. The number of alkyl halides is 3. The lowest BCUT2D eigenvalue weighted by atomic mass is 10.0. The van der Waals surface area contributed by atoms with E-state index in [0.717, 1.165) is 12.5 Å². The molecule has 3 heterocycles. The third-order valence-electron chi connectivity index (χ3n) is 4.13. The molecule has 1 aliphatic heterocycles. The number of rotatable bonds is 4. The number of ether oxygens (including phenoxy) is 1. The summed E-state index contributed by atoms with van der Waals surface area (Å²) in [4.78, 5) is 9.65. The van der Waals surface area contributed by atoms with Gasteiger partial charge in [0.25, 0.3) is 0 Å². The first-order chi connectivity index (χ1) is 11.9. The second-order valence-electron chi connectivity index (χ2n) is 5.73. The van der Waals surface area contributed by atoms with Crippen molar-refractivity contribution in [2.24, 2.45) is 0 Å². The molecule has 0 radical (unpaired) electrons. The van der Waals surface area contributed by atoms with Crippen LogP contribution in [0.25, 0.3) is 0 Å². The Labute approximate surface area is 141 Å². The van der Waals surface area contributed by atoms with Gasteiger partial charge in [-0.25, -0.2) is 9.97 Å². The molecule has 0 amide bonds. The van der Waals surface area contributed by atoms with Crippen molar-refractivity contribution < 1.29 is 17.9 Å². The number of aromatic nitrogens is 4. The second kappa shape index (κ2) is 6.68. The molecule has 0 spiro atoms. The Hall–Kier alpha value is -2.67. The molecule has 0 aromatic carbocycles. The number of H-pyrrole nitrogens is 1. The van der Waals surface area contributed by atoms with Crippen LogP contribution >= 0.6 is 0 Å². The average molecular weight is 352 g/mol. The van der Waals surface area contributed by atoms with E-state index in [2.05, 4.69) is 20.2 Å². The minimum absolute atomic E-state index is 0.0230. The van der Waals surface area contributed by atoms with Crippen molar-refractivity contribution in [2.75, 3.05) is 25.1 Å². The predicted octanol–water partition coefficient (Wildman–Crippen LogP) is 2.10. The van der Waals surface area contributed by atoms with E-state index in [1.165, 1.54) is 18.5 Å². The van der Waals surface area contributed by atoms with Gasteiger partial charge in [0, 0.05) is 26.1 Å². The second-order valence-corrected chi connectivity index (χ2v) is 5.73. The molecule has 1 N–H and O–H groups in total. The first-order valence-corrected chi connectivity index (χ1v) is 7.56. The van der Waals surface area contributed by atoms with E-state index in [9.17, 15) is 13.2 Å². The number of hydrogen-bond donors (Lipinski definition) is 1. The normalized spacial score (nSPS) is 20.4. The predicted molar refractivity (Wildman–Crippen MR) is 80.7 cm³/mol. The third-order valence-corrected chi connectivity index (χ3v) is 4.13. The van der Waals surface area contributed by atoms with Crippen LogP contribution in [0.15, 0.2) is 18.5 Å². The summed E-state index contributed by atoms with van der Waals surface area (Å²) >= 11 is 0. The molecule has 1 aliphatic rings. The van der Waals surface area contributed by atoms with Crippen LogP contribution in [-0.2, 0) is 10.9 Å². The molecule has 0 aliphatic carbocycles. The fourth-order valence-electron chi connectivity index (χ4n) is 2.87. The van der Waals surface area contributed by atoms with Gasteiger partial charge in [-0.05, 0) is 18.6 Å². The average Bonchev–Trinajstić information content (AvgIpc) is 3.24. The first kappa shape index (κ1) is 17.2. The molecule has 2 aromatic heterocycles. The summed E-state index contributed by atoms with van der Waals surface area (Å²) in [6.07, 6.45) is -2.61. The van der Waals surface area contributed by atoms with Crippen molar-refractivity contribution in [3.05, 3.63) is 35.5 Å². The number of nitrogens with one attached hydrogen (secondary N) is 1. The Balaban J connectivity index is 1.77. The van der Waals surface area contributed by atoms with Gasteiger partial charge in [-0.15, -0.1) is 0 Å². The van der Waals surface area contributed by atoms with E-state index in [1.807, 2.05) is 0 Å². The summed E-state index contributed by atoms with van der Waals surface area (Å²) in [7, 11) is 1.69. The summed E-state index contributed by atoms with van der Waals surface area (Å²) in [6.45, 7) is 0.961. The molecule has 0 bridgehead atoms. The molecule has 132 valence electrons. The fraction of sp³-hybridized carbons (Fsp3) is 0.467. The molecule has 10 heteroatoms. The zero-order chi connectivity index (χ0) is 18.0. The smallest absolute Gasteiger partial charge is 0.376 e.